The monoisotopic (exact) mass is 483 g/mol. The Balaban J connectivity index is 1.68. The Labute approximate surface area is 200 Å². The lowest BCUT2D eigenvalue weighted by Crippen LogP contribution is -2.49. The number of hydrogen-bond acceptors (Lipinski definition) is 6. The molecule has 0 aliphatic carbocycles. The summed E-state index contributed by atoms with van der Waals surface area (Å²) in [5.74, 6) is -1.31. The van der Waals surface area contributed by atoms with Gasteiger partial charge >= 0.3 is 0 Å². The Morgan fingerprint density at radius 1 is 0.971 bits per heavy atom. The molecule has 2 N–H and O–H groups in total. The first-order valence-electron chi connectivity index (χ1n) is 11.1. The Bertz CT molecular complexity index is 1350. The number of nitrogens with zero attached hydrogens (tertiary/aromatic N) is 6. The molecule has 176 valence electrons. The third-order valence-electron chi connectivity index (χ3n) is 6.16. The summed E-state index contributed by atoms with van der Waals surface area (Å²) in [6.45, 7) is 7.45. The maximum absolute atomic E-state index is 14.9. The van der Waals surface area contributed by atoms with E-state index in [0.29, 0.717) is 46.8 Å². The van der Waals surface area contributed by atoms with Gasteiger partial charge in [0.2, 0.25) is 5.95 Å². The number of fused-ring (bicyclic) bond motifs is 1. The number of anilines is 2. The number of benzene rings is 2. The van der Waals surface area contributed by atoms with E-state index in [-0.39, 0.29) is 17.1 Å². The molecule has 0 spiro atoms. The molecule has 0 bridgehead atoms. The average molecular weight is 484 g/mol. The summed E-state index contributed by atoms with van der Waals surface area (Å²) in [6.07, 6.45) is 0. The van der Waals surface area contributed by atoms with E-state index in [0.717, 1.165) is 19.2 Å². The van der Waals surface area contributed by atoms with Crippen molar-refractivity contribution in [2.45, 2.75) is 19.9 Å². The molecule has 3 heterocycles. The predicted octanol–water partition coefficient (Wildman–Crippen LogP) is 4.53. The van der Waals surface area contributed by atoms with Crippen LogP contribution in [0.3, 0.4) is 0 Å². The van der Waals surface area contributed by atoms with Crippen LogP contribution in [0.15, 0.2) is 42.5 Å². The maximum atomic E-state index is 14.9. The highest BCUT2D eigenvalue weighted by Gasteiger charge is 2.26. The Morgan fingerprint density at radius 2 is 1.68 bits per heavy atom. The predicted molar refractivity (Wildman–Crippen MR) is 130 cm³/mol. The Kier molecular flexibility index (Phi) is 5.83. The second kappa shape index (κ2) is 8.81. The highest BCUT2D eigenvalue weighted by Crippen LogP contribution is 2.35. The summed E-state index contributed by atoms with van der Waals surface area (Å²) in [6, 6.07) is 11.4. The van der Waals surface area contributed by atoms with Crippen molar-refractivity contribution in [3.8, 4) is 16.9 Å². The van der Waals surface area contributed by atoms with Crippen LogP contribution in [-0.4, -0.2) is 56.9 Å². The lowest BCUT2D eigenvalue weighted by molar-refractivity contribution is 0.208. The maximum Gasteiger partial charge on any atom is 0.228 e. The fraction of sp³-hybridized carbons (Fsp3) is 0.292. The molecule has 1 aliphatic rings. The Morgan fingerprint density at radius 3 is 2.35 bits per heavy atom. The van der Waals surface area contributed by atoms with E-state index >= 15 is 0 Å². The minimum Gasteiger partial charge on any atom is -0.383 e. The number of aromatic nitrogens is 4. The molecule has 2 aromatic carbocycles. The van der Waals surface area contributed by atoms with Crippen LogP contribution in [0.4, 0.5) is 20.5 Å². The zero-order chi connectivity index (χ0) is 24.0. The summed E-state index contributed by atoms with van der Waals surface area (Å²) in [4.78, 5) is 13.8. The molecule has 0 saturated carbocycles. The van der Waals surface area contributed by atoms with Gasteiger partial charge in [0, 0.05) is 42.8 Å². The van der Waals surface area contributed by atoms with Crippen LogP contribution in [0.5, 0.6) is 0 Å². The van der Waals surface area contributed by atoms with E-state index in [1.807, 2.05) is 4.90 Å². The van der Waals surface area contributed by atoms with Gasteiger partial charge in [-0.3, -0.25) is 4.90 Å². The van der Waals surface area contributed by atoms with Gasteiger partial charge in [0.05, 0.1) is 16.8 Å². The summed E-state index contributed by atoms with van der Waals surface area (Å²) in [7, 11) is 0. The molecule has 0 unspecified atom stereocenters. The van der Waals surface area contributed by atoms with E-state index in [1.54, 1.807) is 24.3 Å². The van der Waals surface area contributed by atoms with Crippen LogP contribution >= 0.6 is 11.6 Å². The normalized spacial score (nSPS) is 14.9. The van der Waals surface area contributed by atoms with E-state index < -0.39 is 11.6 Å². The molecule has 0 radical (unpaired) electrons. The van der Waals surface area contributed by atoms with E-state index in [1.165, 1.54) is 16.8 Å². The minimum atomic E-state index is -0.989. The van der Waals surface area contributed by atoms with Crippen molar-refractivity contribution in [2.24, 2.45) is 0 Å². The first-order chi connectivity index (χ1) is 16.3. The number of piperazine rings is 1. The number of nitrogen functional groups attached to an aromatic ring is 1. The molecule has 1 saturated heterocycles. The number of rotatable bonds is 4. The number of halogens is 3. The van der Waals surface area contributed by atoms with E-state index in [4.69, 9.17) is 17.3 Å². The van der Waals surface area contributed by atoms with Crippen molar-refractivity contribution in [3.63, 3.8) is 0 Å². The summed E-state index contributed by atoms with van der Waals surface area (Å²) < 4.78 is 30.6. The smallest absolute Gasteiger partial charge is 0.228 e. The standard InChI is InChI=1S/C24H24ClF2N7/c1-14(2)32-10-12-33(13-11-32)24-29-21(17-4-3-5-18(26)20(17)27)19-22(28)34(31-23(19)30-24)16-8-6-15(25)7-9-16/h3-9,14H,10-13,28H2,1-2H3. The van der Waals surface area contributed by atoms with Gasteiger partial charge in [-0.2, -0.15) is 4.98 Å². The van der Waals surface area contributed by atoms with Gasteiger partial charge in [-0.05, 0) is 50.2 Å². The fourth-order valence-corrected chi connectivity index (χ4v) is 4.37. The molecule has 1 aliphatic heterocycles. The van der Waals surface area contributed by atoms with E-state index in [9.17, 15) is 8.78 Å². The van der Waals surface area contributed by atoms with Crippen molar-refractivity contribution in [3.05, 3.63) is 59.1 Å². The van der Waals surface area contributed by atoms with Crippen LogP contribution in [0.25, 0.3) is 28.0 Å². The third kappa shape index (κ3) is 3.95. The lowest BCUT2D eigenvalue weighted by Gasteiger charge is -2.36. The third-order valence-corrected chi connectivity index (χ3v) is 6.41. The van der Waals surface area contributed by atoms with Gasteiger partial charge < -0.3 is 10.6 Å². The lowest BCUT2D eigenvalue weighted by atomic mass is 10.1. The van der Waals surface area contributed by atoms with Crippen LogP contribution in [0.2, 0.25) is 5.02 Å². The molecular formula is C24H24ClF2N7. The second-order valence-corrected chi connectivity index (χ2v) is 9.00. The SMILES string of the molecule is CC(C)N1CCN(c2nc(-c3cccc(F)c3F)c3c(N)n(-c4ccc(Cl)cc4)nc3n2)CC1. The summed E-state index contributed by atoms with van der Waals surface area (Å²) >= 11 is 6.02. The van der Waals surface area contributed by atoms with Crippen molar-refractivity contribution in [2.75, 3.05) is 36.8 Å². The van der Waals surface area contributed by atoms with Crippen molar-refractivity contribution in [1.29, 1.82) is 0 Å². The first kappa shape index (κ1) is 22.5. The molecule has 0 amide bonds. The number of nitrogens with two attached hydrogens (primary N) is 1. The zero-order valence-electron chi connectivity index (χ0n) is 18.8. The van der Waals surface area contributed by atoms with Crippen LogP contribution in [0, 0.1) is 11.6 Å². The molecule has 7 nitrogen and oxygen atoms in total. The quantitative estimate of drug-likeness (QED) is 0.459. The molecule has 2 aromatic heterocycles. The molecule has 5 rings (SSSR count). The van der Waals surface area contributed by atoms with Crippen LogP contribution in [-0.2, 0) is 0 Å². The van der Waals surface area contributed by atoms with Crippen molar-refractivity contribution >= 4 is 34.4 Å². The Hall–Kier alpha value is -3.30. The average Bonchev–Trinajstić information content (AvgIpc) is 3.17. The number of hydrogen-bond donors (Lipinski definition) is 1. The van der Waals surface area contributed by atoms with Crippen LogP contribution in [0.1, 0.15) is 13.8 Å². The first-order valence-corrected chi connectivity index (χ1v) is 11.5. The fourth-order valence-electron chi connectivity index (χ4n) is 4.24. The topological polar surface area (TPSA) is 76.1 Å². The van der Waals surface area contributed by atoms with Gasteiger partial charge in [-0.15, -0.1) is 5.10 Å². The molecular weight excluding hydrogens is 460 g/mol. The van der Waals surface area contributed by atoms with E-state index in [2.05, 4.69) is 33.8 Å². The zero-order valence-corrected chi connectivity index (χ0v) is 19.6. The largest absolute Gasteiger partial charge is 0.383 e. The second-order valence-electron chi connectivity index (χ2n) is 8.56. The van der Waals surface area contributed by atoms with Gasteiger partial charge in [-0.1, -0.05) is 17.7 Å². The highest BCUT2D eigenvalue weighted by atomic mass is 35.5. The summed E-state index contributed by atoms with van der Waals surface area (Å²) in [5.41, 5.74) is 7.66. The highest BCUT2D eigenvalue weighted by molar-refractivity contribution is 6.30. The molecule has 10 heteroatoms. The molecule has 1 fully saturated rings. The van der Waals surface area contributed by atoms with Gasteiger partial charge in [0.1, 0.15) is 5.82 Å². The van der Waals surface area contributed by atoms with Crippen molar-refractivity contribution < 1.29 is 8.78 Å². The van der Waals surface area contributed by atoms with Crippen molar-refractivity contribution in [1.82, 2.24) is 24.6 Å². The minimum absolute atomic E-state index is 0.0109. The van der Waals surface area contributed by atoms with Gasteiger partial charge in [0.25, 0.3) is 0 Å². The molecule has 0 atom stereocenters. The molecule has 4 aromatic rings. The van der Waals surface area contributed by atoms with Gasteiger partial charge in [-0.25, -0.2) is 18.4 Å². The van der Waals surface area contributed by atoms with Crippen LogP contribution < -0.4 is 10.6 Å². The molecule has 34 heavy (non-hydrogen) atoms. The summed E-state index contributed by atoms with van der Waals surface area (Å²) in [5, 5.41) is 5.53. The van der Waals surface area contributed by atoms with Gasteiger partial charge in [0.15, 0.2) is 17.3 Å².